The number of rotatable bonds is 4. The molecule has 9 nitrogen and oxygen atoms in total. The molecule has 0 unspecified atom stereocenters. The normalized spacial score (nSPS) is 9.54. The molecular formula is C25H30F2IN7O2. The molecule has 0 spiro atoms. The van der Waals surface area contributed by atoms with E-state index >= 15 is 0 Å². The van der Waals surface area contributed by atoms with Crippen LogP contribution < -0.4 is 27.9 Å². The highest BCUT2D eigenvalue weighted by molar-refractivity contribution is 14.1. The average Bonchev–Trinajstić information content (AvgIpc) is 2.89. The second-order valence-electron chi connectivity index (χ2n) is 7.23. The molecule has 0 amide bonds. The number of nitrogens with one attached hydrogen (secondary N) is 2. The summed E-state index contributed by atoms with van der Waals surface area (Å²) in [5.74, 6) is 0.0182. The van der Waals surface area contributed by atoms with E-state index in [1.54, 1.807) is 24.4 Å². The largest absolute Gasteiger partial charge is 0.384 e. The number of anilines is 2. The molecule has 0 aliphatic carbocycles. The zero-order chi connectivity index (χ0) is 27.6. The first-order valence-corrected chi connectivity index (χ1v) is 12.2. The lowest BCUT2D eigenvalue weighted by Crippen LogP contribution is -2.17. The fourth-order valence-corrected chi connectivity index (χ4v) is 2.65. The van der Waals surface area contributed by atoms with Crippen molar-refractivity contribution in [2.45, 2.75) is 19.8 Å². The van der Waals surface area contributed by atoms with Gasteiger partial charge in [0, 0.05) is 34.3 Å². The summed E-state index contributed by atoms with van der Waals surface area (Å²) in [7, 11) is 1.98. The van der Waals surface area contributed by atoms with E-state index in [2.05, 4.69) is 49.8 Å². The van der Waals surface area contributed by atoms with Crippen LogP contribution in [0.25, 0.3) is 5.69 Å². The van der Waals surface area contributed by atoms with Gasteiger partial charge in [0.1, 0.15) is 23.3 Å². The van der Waals surface area contributed by atoms with Crippen molar-refractivity contribution in [3.8, 4) is 5.69 Å². The molecule has 12 heteroatoms. The van der Waals surface area contributed by atoms with Crippen LogP contribution in [0.4, 0.5) is 20.4 Å². The fraction of sp³-hybridized carbons (Fsp3) is 0.200. The van der Waals surface area contributed by atoms with Crippen LogP contribution in [-0.4, -0.2) is 33.1 Å². The number of hydrogen-bond acceptors (Lipinski definition) is 7. The lowest BCUT2D eigenvalue weighted by Gasteiger charge is -2.04. The molecule has 0 saturated carbocycles. The van der Waals surface area contributed by atoms with Gasteiger partial charge in [-0.15, -0.1) is 0 Å². The summed E-state index contributed by atoms with van der Waals surface area (Å²) in [6, 6.07) is 11.4. The van der Waals surface area contributed by atoms with E-state index in [0.29, 0.717) is 17.3 Å². The summed E-state index contributed by atoms with van der Waals surface area (Å²) in [5, 5.41) is 3.07. The van der Waals surface area contributed by atoms with Crippen LogP contribution in [0.3, 0.4) is 0 Å². The average molecular weight is 625 g/mol. The molecule has 0 bridgehead atoms. The van der Waals surface area contributed by atoms with E-state index in [1.165, 1.54) is 23.6 Å². The Bertz CT molecular complexity index is 1250. The van der Waals surface area contributed by atoms with Gasteiger partial charge < -0.3 is 21.8 Å². The first-order valence-electron chi connectivity index (χ1n) is 11.1. The number of hydrogen-bond donors (Lipinski definition) is 4. The van der Waals surface area contributed by atoms with E-state index in [0.717, 1.165) is 46.8 Å². The maximum Gasteiger partial charge on any atom is 0.255 e. The Hall–Kier alpha value is -3.65. The van der Waals surface area contributed by atoms with Gasteiger partial charge in [0.2, 0.25) is 5.56 Å². The van der Waals surface area contributed by atoms with Crippen LogP contribution >= 0.6 is 22.6 Å². The number of halogens is 3. The molecule has 0 radical (unpaired) electrons. The summed E-state index contributed by atoms with van der Waals surface area (Å²) in [5.41, 5.74) is 10.6. The first-order chi connectivity index (χ1) is 17.7. The van der Waals surface area contributed by atoms with Crippen LogP contribution in [0.15, 0.2) is 82.9 Å². The molecule has 37 heavy (non-hydrogen) atoms. The molecule has 4 aromatic heterocycles. The highest BCUT2D eigenvalue weighted by Crippen LogP contribution is 2.06. The smallest absolute Gasteiger partial charge is 0.255 e. The minimum Gasteiger partial charge on any atom is -0.384 e. The Balaban J connectivity index is 0.000000266. The van der Waals surface area contributed by atoms with Crippen molar-refractivity contribution in [1.29, 1.82) is 0 Å². The van der Waals surface area contributed by atoms with Gasteiger partial charge in [-0.25, -0.2) is 18.7 Å². The molecule has 0 aliphatic rings. The van der Waals surface area contributed by atoms with Crippen molar-refractivity contribution in [2.75, 3.05) is 25.1 Å². The van der Waals surface area contributed by atoms with Gasteiger partial charge in [0.05, 0.1) is 11.9 Å². The predicted molar refractivity (Wildman–Crippen MR) is 151 cm³/mol. The number of H-pyrrole nitrogens is 1. The van der Waals surface area contributed by atoms with Crippen molar-refractivity contribution in [2.24, 2.45) is 0 Å². The van der Waals surface area contributed by atoms with Crippen molar-refractivity contribution in [1.82, 2.24) is 24.8 Å². The van der Waals surface area contributed by atoms with Gasteiger partial charge >= 0.3 is 0 Å². The third-order valence-electron chi connectivity index (χ3n) is 4.20. The van der Waals surface area contributed by atoms with Crippen molar-refractivity contribution >= 4 is 34.2 Å². The topological polar surface area (TPSA) is 145 Å². The molecular weight excluding hydrogens is 595 g/mol. The summed E-state index contributed by atoms with van der Waals surface area (Å²) in [6.07, 6.45) is 7.86. The fourth-order valence-electron chi connectivity index (χ4n) is 2.34. The Morgan fingerprint density at radius 2 is 1.59 bits per heavy atom. The lowest BCUT2D eigenvalue weighted by molar-refractivity contribution is 0.612. The second kappa shape index (κ2) is 17.7. The molecule has 0 aliphatic heterocycles. The molecule has 4 aromatic rings. The second-order valence-corrected chi connectivity index (χ2v) is 8.47. The van der Waals surface area contributed by atoms with E-state index < -0.39 is 11.6 Å². The molecule has 198 valence electrons. The number of pyridine rings is 4. The van der Waals surface area contributed by atoms with Crippen LogP contribution in [0.5, 0.6) is 0 Å². The maximum absolute atomic E-state index is 12.9. The van der Waals surface area contributed by atoms with Gasteiger partial charge in [-0.1, -0.05) is 13.3 Å². The zero-order valence-electron chi connectivity index (χ0n) is 20.5. The quantitative estimate of drug-likeness (QED) is 0.200. The van der Waals surface area contributed by atoms with Crippen LogP contribution in [0, 0.1) is 15.2 Å². The molecule has 0 saturated heterocycles. The van der Waals surface area contributed by atoms with Gasteiger partial charge in [-0.2, -0.15) is 0 Å². The van der Waals surface area contributed by atoms with Gasteiger partial charge in [-0.3, -0.25) is 14.2 Å². The molecule has 0 fully saturated rings. The number of nitrogens with zero attached hydrogens (tertiary/aromatic N) is 3. The van der Waals surface area contributed by atoms with Gasteiger partial charge in [0.15, 0.2) is 0 Å². The number of aromatic amines is 1. The van der Waals surface area contributed by atoms with Crippen LogP contribution in [-0.2, 0) is 0 Å². The number of nitrogens with two attached hydrogens (primary N) is 2. The number of nitrogen functional groups attached to an aromatic ring is 2. The van der Waals surface area contributed by atoms with E-state index in [4.69, 9.17) is 11.5 Å². The molecule has 4 rings (SSSR count). The van der Waals surface area contributed by atoms with Gasteiger partial charge in [0.25, 0.3) is 5.56 Å². The highest BCUT2D eigenvalue weighted by Gasteiger charge is 2.01. The molecule has 0 atom stereocenters. The Labute approximate surface area is 227 Å². The number of aromatic nitrogens is 4. The Morgan fingerprint density at radius 1 is 0.946 bits per heavy atom. The molecule has 4 heterocycles. The minimum absolute atomic E-state index is 0.286. The molecule has 0 aromatic carbocycles. The summed E-state index contributed by atoms with van der Waals surface area (Å²) in [6.45, 7) is 3.36. The summed E-state index contributed by atoms with van der Waals surface area (Å²) in [4.78, 5) is 31.4. The lowest BCUT2D eigenvalue weighted by atomic mass is 10.3. The molecule has 6 N–H and O–H groups in total. The minimum atomic E-state index is -0.480. The predicted octanol–water partition coefficient (Wildman–Crippen LogP) is 3.74. The third kappa shape index (κ3) is 13.9. The first kappa shape index (κ1) is 31.4. The van der Waals surface area contributed by atoms with Crippen molar-refractivity contribution < 1.29 is 8.78 Å². The van der Waals surface area contributed by atoms with E-state index in [1.807, 2.05) is 13.1 Å². The van der Waals surface area contributed by atoms with Crippen LogP contribution in [0.1, 0.15) is 19.8 Å². The maximum atomic E-state index is 12.9. The Kier molecular flexibility index (Phi) is 15.0. The van der Waals surface area contributed by atoms with Gasteiger partial charge in [-0.05, 0) is 79.0 Å². The van der Waals surface area contributed by atoms with E-state index in [9.17, 15) is 18.4 Å². The monoisotopic (exact) mass is 625 g/mol. The SMILES string of the molecule is CCCCNC.Nc1ccc(-n2cc(F)ccc2=O)cn1.Nc1ccc(I)cn1.O=c1ccc(F)c[nH]1. The van der Waals surface area contributed by atoms with Crippen LogP contribution in [0.2, 0.25) is 0 Å². The van der Waals surface area contributed by atoms with Crippen molar-refractivity contribution in [3.05, 3.63) is 109 Å². The standard InChI is InChI=1S/C10H8FN3O.C5H4FNO.C5H5IN2.C5H13N/c11-7-1-4-10(15)14(6-7)8-2-3-9(12)13-5-8;6-4-1-2-5(8)7-3-4;6-4-1-2-5(7)8-3-4;1-3-4-5-6-2/h1-6H,(H2,12,13);1-3H,(H,7,8);1-3H,(H2,7,8);6H,3-5H2,1-2H3. The summed E-state index contributed by atoms with van der Waals surface area (Å²) < 4.78 is 27.1. The van der Waals surface area contributed by atoms with Crippen molar-refractivity contribution in [3.63, 3.8) is 0 Å². The zero-order valence-corrected chi connectivity index (χ0v) is 22.7. The third-order valence-corrected chi connectivity index (χ3v) is 4.84. The van der Waals surface area contributed by atoms with E-state index in [-0.39, 0.29) is 11.1 Å². The number of unbranched alkanes of at least 4 members (excludes halogenated alkanes) is 1. The highest BCUT2D eigenvalue weighted by atomic mass is 127. The summed E-state index contributed by atoms with van der Waals surface area (Å²) >= 11 is 2.18. The Morgan fingerprint density at radius 3 is 2.03 bits per heavy atom.